The predicted molar refractivity (Wildman–Crippen MR) is 116 cm³/mol. The number of aromatic nitrogens is 2. The molecule has 0 radical (unpaired) electrons. The van der Waals surface area contributed by atoms with Crippen LogP contribution >= 0.6 is 0 Å². The number of carboxylic acids is 1. The Bertz CT molecular complexity index is 1150. The van der Waals surface area contributed by atoms with Crippen LogP contribution in [-0.2, 0) is 11.3 Å². The molecule has 2 aromatic heterocycles. The lowest BCUT2D eigenvalue weighted by molar-refractivity contribution is -0.152. The largest absolute Gasteiger partial charge is 0.478 e. The summed E-state index contributed by atoms with van der Waals surface area (Å²) in [7, 11) is 0. The first-order valence-corrected chi connectivity index (χ1v) is 9.93. The van der Waals surface area contributed by atoms with Crippen LogP contribution in [0.5, 0.6) is 5.75 Å². The number of fused-ring (bicyclic) bond motifs is 1. The zero-order valence-electron chi connectivity index (χ0n) is 17.3. The van der Waals surface area contributed by atoms with Crippen LogP contribution in [0.25, 0.3) is 11.1 Å². The summed E-state index contributed by atoms with van der Waals surface area (Å²) in [5, 5.41) is 12.8. The van der Waals surface area contributed by atoms with Crippen LogP contribution in [0.2, 0.25) is 0 Å². The summed E-state index contributed by atoms with van der Waals surface area (Å²) in [6.07, 6.45) is 1.73. The predicted octanol–water partition coefficient (Wildman–Crippen LogP) is 4.34. The van der Waals surface area contributed by atoms with Crippen molar-refractivity contribution in [2.75, 3.05) is 0 Å². The zero-order chi connectivity index (χ0) is 21.8. The van der Waals surface area contributed by atoms with E-state index in [9.17, 15) is 9.90 Å². The molecule has 2 aromatic carbocycles. The molecule has 0 saturated carbocycles. The smallest absolute Gasteiger partial charge is 0.347 e. The van der Waals surface area contributed by atoms with Crippen molar-refractivity contribution in [2.24, 2.45) is 0 Å². The number of ether oxygens (including phenoxy) is 1. The summed E-state index contributed by atoms with van der Waals surface area (Å²) in [6.45, 7) is 3.51. The van der Waals surface area contributed by atoms with Gasteiger partial charge in [-0.25, -0.2) is 9.78 Å². The number of benzene rings is 2. The Labute approximate surface area is 179 Å². The number of hydrogen-bond acceptors (Lipinski definition) is 6. The summed E-state index contributed by atoms with van der Waals surface area (Å²) in [6, 6.07) is 20.3. The standard InChI is InChI=1S/C24H23N3O4/c1-24(2,23(28)29)31-17-9-7-8-16(14-17)15-26-21(19-11-5-6-13-25-19)22-27-18-10-3-4-12-20(18)30-22/h3-14,21,26H,15H2,1-2H3,(H,28,29). The third kappa shape index (κ3) is 4.73. The van der Waals surface area contributed by atoms with Gasteiger partial charge in [0.05, 0.1) is 5.69 Å². The molecule has 4 aromatic rings. The van der Waals surface area contributed by atoms with Gasteiger partial charge in [-0.05, 0) is 55.8 Å². The van der Waals surface area contributed by atoms with Gasteiger partial charge in [0, 0.05) is 12.7 Å². The first kappa shape index (κ1) is 20.6. The molecule has 158 valence electrons. The van der Waals surface area contributed by atoms with E-state index >= 15 is 0 Å². The third-order valence-corrected chi connectivity index (χ3v) is 4.84. The van der Waals surface area contributed by atoms with E-state index in [1.165, 1.54) is 13.8 Å². The Morgan fingerprint density at radius 1 is 1.13 bits per heavy atom. The average Bonchev–Trinajstić information content (AvgIpc) is 3.18. The van der Waals surface area contributed by atoms with Gasteiger partial charge >= 0.3 is 5.97 Å². The van der Waals surface area contributed by atoms with Gasteiger partial charge in [0.2, 0.25) is 5.89 Å². The Morgan fingerprint density at radius 3 is 2.68 bits per heavy atom. The Balaban J connectivity index is 1.57. The molecule has 7 nitrogen and oxygen atoms in total. The Morgan fingerprint density at radius 2 is 1.94 bits per heavy atom. The van der Waals surface area contributed by atoms with Gasteiger partial charge in [-0.1, -0.05) is 30.3 Å². The second-order valence-corrected chi connectivity index (χ2v) is 7.65. The van der Waals surface area contributed by atoms with Crippen molar-refractivity contribution >= 4 is 17.1 Å². The van der Waals surface area contributed by atoms with Gasteiger partial charge in [-0.2, -0.15) is 0 Å². The van der Waals surface area contributed by atoms with Gasteiger partial charge in [-0.3, -0.25) is 10.3 Å². The Kier molecular flexibility index (Phi) is 5.68. The van der Waals surface area contributed by atoms with Crippen molar-refractivity contribution in [1.82, 2.24) is 15.3 Å². The highest BCUT2D eigenvalue weighted by Gasteiger charge is 2.29. The van der Waals surface area contributed by atoms with Crippen molar-refractivity contribution < 1.29 is 19.1 Å². The highest BCUT2D eigenvalue weighted by molar-refractivity contribution is 5.76. The van der Waals surface area contributed by atoms with Gasteiger partial charge in [0.1, 0.15) is 17.3 Å². The van der Waals surface area contributed by atoms with Crippen LogP contribution < -0.4 is 10.1 Å². The zero-order valence-corrected chi connectivity index (χ0v) is 17.3. The first-order chi connectivity index (χ1) is 14.9. The molecule has 2 heterocycles. The van der Waals surface area contributed by atoms with Crippen LogP contribution in [0, 0.1) is 0 Å². The number of para-hydroxylation sites is 2. The maximum Gasteiger partial charge on any atom is 0.347 e. The number of aliphatic carboxylic acids is 1. The molecule has 7 heteroatoms. The van der Waals surface area contributed by atoms with E-state index < -0.39 is 11.6 Å². The number of oxazole rings is 1. The Hall–Kier alpha value is -3.71. The molecule has 1 unspecified atom stereocenters. The van der Waals surface area contributed by atoms with E-state index in [1.54, 1.807) is 12.3 Å². The minimum atomic E-state index is -1.32. The minimum absolute atomic E-state index is 0.353. The lowest BCUT2D eigenvalue weighted by Crippen LogP contribution is -2.37. The van der Waals surface area contributed by atoms with E-state index in [4.69, 9.17) is 9.15 Å². The molecule has 2 N–H and O–H groups in total. The molecule has 1 atom stereocenters. The molecule has 0 aliphatic rings. The second-order valence-electron chi connectivity index (χ2n) is 7.65. The van der Waals surface area contributed by atoms with E-state index in [2.05, 4.69) is 15.3 Å². The lowest BCUT2D eigenvalue weighted by Gasteiger charge is -2.22. The second kappa shape index (κ2) is 8.57. The van der Waals surface area contributed by atoms with Crippen molar-refractivity contribution in [3.05, 3.63) is 90.1 Å². The van der Waals surface area contributed by atoms with Crippen molar-refractivity contribution in [2.45, 2.75) is 32.0 Å². The molecular formula is C24H23N3O4. The number of pyridine rings is 1. The fourth-order valence-corrected chi connectivity index (χ4v) is 3.16. The highest BCUT2D eigenvalue weighted by atomic mass is 16.5. The molecule has 0 aliphatic carbocycles. The molecule has 0 saturated heterocycles. The van der Waals surface area contributed by atoms with Crippen LogP contribution in [0.4, 0.5) is 0 Å². The normalized spacial score (nSPS) is 12.6. The highest BCUT2D eigenvalue weighted by Crippen LogP contribution is 2.25. The number of nitrogens with zero attached hydrogens (tertiary/aromatic N) is 2. The van der Waals surface area contributed by atoms with Crippen LogP contribution in [0.3, 0.4) is 0 Å². The van der Waals surface area contributed by atoms with Gasteiger partial charge in [0.25, 0.3) is 0 Å². The van der Waals surface area contributed by atoms with Crippen LogP contribution in [0.15, 0.2) is 77.3 Å². The molecule has 31 heavy (non-hydrogen) atoms. The van der Waals surface area contributed by atoms with Gasteiger partial charge < -0.3 is 14.3 Å². The van der Waals surface area contributed by atoms with Crippen LogP contribution in [0.1, 0.15) is 37.0 Å². The SMILES string of the molecule is CC(C)(Oc1cccc(CNC(c2ccccn2)c2nc3ccccc3o2)c1)C(=O)O. The van der Waals surface area contributed by atoms with Crippen molar-refractivity contribution in [1.29, 1.82) is 0 Å². The first-order valence-electron chi connectivity index (χ1n) is 9.93. The molecule has 0 spiro atoms. The average molecular weight is 417 g/mol. The molecule has 0 aliphatic heterocycles. The van der Waals surface area contributed by atoms with Crippen molar-refractivity contribution in [3.63, 3.8) is 0 Å². The summed E-state index contributed by atoms with van der Waals surface area (Å²) in [5.41, 5.74) is 1.89. The van der Waals surface area contributed by atoms with E-state index in [1.807, 2.05) is 60.7 Å². The summed E-state index contributed by atoms with van der Waals surface area (Å²) < 4.78 is 11.6. The quantitative estimate of drug-likeness (QED) is 0.440. The summed E-state index contributed by atoms with van der Waals surface area (Å²) in [4.78, 5) is 20.5. The molecule has 0 bridgehead atoms. The fourth-order valence-electron chi connectivity index (χ4n) is 3.16. The van der Waals surface area contributed by atoms with Crippen molar-refractivity contribution in [3.8, 4) is 5.75 Å². The van der Waals surface area contributed by atoms with E-state index in [0.717, 1.165) is 16.8 Å². The monoisotopic (exact) mass is 417 g/mol. The third-order valence-electron chi connectivity index (χ3n) is 4.84. The topological polar surface area (TPSA) is 97.5 Å². The number of rotatable bonds is 8. The number of carboxylic acid groups (broad SMARTS) is 1. The minimum Gasteiger partial charge on any atom is -0.478 e. The number of hydrogen-bond donors (Lipinski definition) is 2. The number of nitrogens with one attached hydrogen (secondary N) is 1. The number of carbonyl (C=O) groups is 1. The molecule has 0 amide bonds. The molecule has 0 fully saturated rings. The van der Waals surface area contributed by atoms with Gasteiger partial charge in [0.15, 0.2) is 11.2 Å². The van der Waals surface area contributed by atoms with E-state index in [0.29, 0.717) is 23.8 Å². The molecular weight excluding hydrogens is 394 g/mol. The van der Waals surface area contributed by atoms with Crippen LogP contribution in [-0.4, -0.2) is 26.6 Å². The summed E-state index contributed by atoms with van der Waals surface area (Å²) >= 11 is 0. The summed E-state index contributed by atoms with van der Waals surface area (Å²) in [5.74, 6) is -0.00975. The lowest BCUT2D eigenvalue weighted by atomic mass is 10.1. The van der Waals surface area contributed by atoms with E-state index in [-0.39, 0.29) is 6.04 Å². The fraction of sp³-hybridized carbons (Fsp3) is 0.208. The molecule has 4 rings (SSSR count). The van der Waals surface area contributed by atoms with Gasteiger partial charge in [-0.15, -0.1) is 0 Å². The maximum absolute atomic E-state index is 11.4. The maximum atomic E-state index is 11.4.